The fourth-order valence-electron chi connectivity index (χ4n) is 5.45. The topological polar surface area (TPSA) is 76.0 Å². The van der Waals surface area contributed by atoms with Gasteiger partial charge in [-0.25, -0.2) is 4.39 Å². The first-order chi connectivity index (χ1) is 17.0. The van der Waals surface area contributed by atoms with Gasteiger partial charge in [-0.1, -0.05) is 54.6 Å². The first-order valence-corrected chi connectivity index (χ1v) is 12.3. The highest BCUT2D eigenvalue weighted by atomic mass is 19.1. The highest BCUT2D eigenvalue weighted by Crippen LogP contribution is 2.57. The molecule has 1 saturated carbocycles. The number of benzene rings is 2. The molecule has 2 N–H and O–H groups in total. The Balaban J connectivity index is 1.46. The molecule has 2 fully saturated rings. The maximum atomic E-state index is 13.6. The van der Waals surface area contributed by atoms with Gasteiger partial charge in [0.05, 0.1) is 12.7 Å². The van der Waals surface area contributed by atoms with Gasteiger partial charge in [0.2, 0.25) is 0 Å². The van der Waals surface area contributed by atoms with E-state index in [-0.39, 0.29) is 42.2 Å². The van der Waals surface area contributed by atoms with E-state index in [1.807, 2.05) is 42.5 Å². The molecular formula is C29H33FO5. The molecule has 2 bridgehead atoms. The predicted molar refractivity (Wildman–Crippen MR) is 132 cm³/mol. The Morgan fingerprint density at radius 3 is 2.69 bits per heavy atom. The molecule has 0 amide bonds. The maximum Gasteiger partial charge on any atom is 0.303 e. The molecule has 2 aromatic rings. The first kappa shape index (κ1) is 25.1. The summed E-state index contributed by atoms with van der Waals surface area (Å²) in [6.45, 7) is 0.751. The fraction of sp³-hybridized carbons (Fsp3) is 0.414. The van der Waals surface area contributed by atoms with E-state index in [1.54, 1.807) is 6.08 Å². The van der Waals surface area contributed by atoms with E-state index in [0.717, 1.165) is 24.8 Å². The van der Waals surface area contributed by atoms with Crippen LogP contribution in [0.15, 0.2) is 78.9 Å². The van der Waals surface area contributed by atoms with Crippen LogP contribution in [0.2, 0.25) is 0 Å². The quantitative estimate of drug-likeness (QED) is 0.319. The maximum absolute atomic E-state index is 13.6. The minimum atomic E-state index is -0.779. The third-order valence-electron chi connectivity index (χ3n) is 7.18. The molecule has 0 radical (unpaired) electrons. The number of aliphatic hydroxyl groups excluding tert-OH is 1. The summed E-state index contributed by atoms with van der Waals surface area (Å²) in [6, 6.07) is 16.1. The summed E-state index contributed by atoms with van der Waals surface area (Å²) in [5.74, 6) is -0.000421. The molecule has 2 aliphatic rings. The number of carbonyl (C=O) groups is 1. The number of carboxylic acid groups (broad SMARTS) is 1. The third-order valence-corrected chi connectivity index (χ3v) is 7.18. The number of halogens is 1. The number of para-hydroxylation sites is 1. The first-order valence-electron chi connectivity index (χ1n) is 12.3. The van der Waals surface area contributed by atoms with Gasteiger partial charge in [0.1, 0.15) is 24.3 Å². The molecule has 0 unspecified atom stereocenters. The molecule has 1 heterocycles. The lowest BCUT2D eigenvalue weighted by Gasteiger charge is -2.38. The summed E-state index contributed by atoms with van der Waals surface area (Å²) in [5, 5.41) is 19.3. The van der Waals surface area contributed by atoms with Crippen molar-refractivity contribution in [3.63, 3.8) is 0 Å². The third kappa shape index (κ3) is 6.19. The zero-order chi connectivity index (χ0) is 24.7. The number of allylic oxidation sites excluding steroid dienone is 2. The van der Waals surface area contributed by atoms with E-state index in [1.165, 1.54) is 12.1 Å². The number of rotatable bonds is 12. The van der Waals surface area contributed by atoms with Crippen LogP contribution in [0, 0.1) is 17.7 Å². The Hall–Kier alpha value is -2.96. The Morgan fingerprint density at radius 2 is 1.94 bits per heavy atom. The highest BCUT2D eigenvalue weighted by molar-refractivity contribution is 5.66. The van der Waals surface area contributed by atoms with Crippen LogP contribution in [-0.4, -0.2) is 41.6 Å². The zero-order valence-corrected chi connectivity index (χ0v) is 19.8. The molecule has 35 heavy (non-hydrogen) atoms. The molecule has 6 heteroatoms. The lowest BCUT2D eigenvalue weighted by atomic mass is 9.69. The summed E-state index contributed by atoms with van der Waals surface area (Å²) in [5.41, 5.74) is 0.860. The summed E-state index contributed by atoms with van der Waals surface area (Å²) in [6.07, 6.45) is 10.5. The van der Waals surface area contributed by atoms with Crippen molar-refractivity contribution in [1.29, 1.82) is 0 Å². The van der Waals surface area contributed by atoms with Crippen LogP contribution >= 0.6 is 0 Å². The predicted octanol–water partition coefficient (Wildman–Crippen LogP) is 5.30. The van der Waals surface area contributed by atoms with E-state index in [9.17, 15) is 14.3 Å². The van der Waals surface area contributed by atoms with Crippen molar-refractivity contribution < 1.29 is 28.9 Å². The van der Waals surface area contributed by atoms with Crippen LogP contribution in [0.25, 0.3) is 0 Å². The van der Waals surface area contributed by atoms with Crippen LogP contribution in [0.3, 0.4) is 0 Å². The van der Waals surface area contributed by atoms with E-state index in [2.05, 4.69) is 18.2 Å². The van der Waals surface area contributed by atoms with E-state index in [0.29, 0.717) is 18.8 Å². The van der Waals surface area contributed by atoms with Gasteiger partial charge in [-0.3, -0.25) is 4.79 Å². The lowest BCUT2D eigenvalue weighted by Crippen LogP contribution is -2.39. The summed E-state index contributed by atoms with van der Waals surface area (Å²) >= 11 is 0. The van der Waals surface area contributed by atoms with Crippen LogP contribution in [-0.2, 0) is 14.9 Å². The van der Waals surface area contributed by atoms with Gasteiger partial charge >= 0.3 is 5.97 Å². The van der Waals surface area contributed by atoms with Gasteiger partial charge in [-0.05, 0) is 61.4 Å². The molecule has 186 valence electrons. The van der Waals surface area contributed by atoms with Crippen LogP contribution < -0.4 is 4.74 Å². The van der Waals surface area contributed by atoms with Gasteiger partial charge in [0.25, 0.3) is 0 Å². The van der Waals surface area contributed by atoms with E-state index in [4.69, 9.17) is 14.6 Å². The molecule has 0 aromatic heterocycles. The minimum absolute atomic E-state index is 0.0314. The highest BCUT2D eigenvalue weighted by Gasteiger charge is 2.58. The minimum Gasteiger partial charge on any atom is -0.491 e. The van der Waals surface area contributed by atoms with Crippen LogP contribution in [0.5, 0.6) is 5.75 Å². The Kier molecular flexibility index (Phi) is 8.37. The van der Waals surface area contributed by atoms with E-state index >= 15 is 0 Å². The van der Waals surface area contributed by atoms with Crippen LogP contribution in [0.1, 0.15) is 37.7 Å². The zero-order valence-electron chi connectivity index (χ0n) is 19.8. The summed E-state index contributed by atoms with van der Waals surface area (Å²) in [7, 11) is 0. The lowest BCUT2D eigenvalue weighted by molar-refractivity contribution is -0.137. The average Bonchev–Trinajstić information content (AvgIpc) is 3.42. The number of unbranched alkanes of at least 4 members (excludes halogenated alkanes) is 1. The van der Waals surface area contributed by atoms with Crippen molar-refractivity contribution in [3.05, 3.63) is 90.3 Å². The van der Waals surface area contributed by atoms with Crippen molar-refractivity contribution in [2.45, 2.75) is 49.7 Å². The van der Waals surface area contributed by atoms with Gasteiger partial charge in [0, 0.05) is 17.8 Å². The van der Waals surface area contributed by atoms with Crippen molar-refractivity contribution in [3.8, 4) is 5.75 Å². The van der Waals surface area contributed by atoms with Crippen molar-refractivity contribution in [1.82, 2.24) is 0 Å². The monoisotopic (exact) mass is 480 g/mol. The van der Waals surface area contributed by atoms with Crippen molar-refractivity contribution >= 4 is 5.97 Å². The van der Waals surface area contributed by atoms with Crippen LogP contribution in [0.4, 0.5) is 4.39 Å². The van der Waals surface area contributed by atoms with E-state index < -0.39 is 12.1 Å². The molecule has 5 nitrogen and oxygen atoms in total. The second-order valence-corrected chi connectivity index (χ2v) is 9.47. The molecule has 1 aliphatic heterocycles. The smallest absolute Gasteiger partial charge is 0.303 e. The number of ether oxygens (including phenoxy) is 2. The number of aliphatic carboxylic acids is 1. The largest absolute Gasteiger partial charge is 0.491 e. The Labute approximate surface area is 205 Å². The van der Waals surface area contributed by atoms with Gasteiger partial charge < -0.3 is 19.7 Å². The SMILES string of the molecule is O=C(O)CCCC=CC[C@@H]1[C@@H](C=C[C@@H](O)COc2ccccc2)[C@H]2C[C@]1(c1ccc(F)cc1)CO2. The molecule has 1 aliphatic carbocycles. The van der Waals surface area contributed by atoms with Crippen molar-refractivity contribution in [2.24, 2.45) is 11.8 Å². The van der Waals surface area contributed by atoms with Gasteiger partial charge in [-0.15, -0.1) is 0 Å². The molecular weight excluding hydrogens is 447 g/mol. The standard InChI is InChI=1S/C29H33FO5/c30-22-14-12-21(13-15-22)29-18-27(35-20-29)25(26(29)10-6-1-2-7-11-28(32)33)17-16-23(31)19-34-24-8-4-3-5-9-24/h1,3-6,8-9,12-17,23,25-27,31H,2,7,10-11,18-20H2,(H,32,33)/t23-,25-,26-,27-,29-/m1/s1. The molecule has 0 spiro atoms. The van der Waals surface area contributed by atoms with Gasteiger partial charge in [0.15, 0.2) is 0 Å². The number of fused-ring (bicyclic) bond motifs is 2. The van der Waals surface area contributed by atoms with Gasteiger partial charge in [-0.2, -0.15) is 0 Å². The number of hydrogen-bond acceptors (Lipinski definition) is 4. The number of hydrogen-bond donors (Lipinski definition) is 2. The summed E-state index contributed by atoms with van der Waals surface area (Å²) in [4.78, 5) is 10.7. The molecule has 5 atom stereocenters. The fourth-order valence-corrected chi connectivity index (χ4v) is 5.45. The Morgan fingerprint density at radius 1 is 1.17 bits per heavy atom. The second kappa shape index (κ2) is 11.6. The normalized spacial score (nSPS) is 26.5. The average molecular weight is 481 g/mol. The Bertz CT molecular complexity index is 1020. The van der Waals surface area contributed by atoms with Crippen molar-refractivity contribution in [2.75, 3.05) is 13.2 Å². The number of aliphatic hydroxyl groups is 1. The molecule has 2 aromatic carbocycles. The summed E-state index contributed by atoms with van der Waals surface area (Å²) < 4.78 is 25.5. The molecule has 1 saturated heterocycles. The molecule has 4 rings (SSSR count). The second-order valence-electron chi connectivity index (χ2n) is 9.47. The number of carboxylic acids is 1.